The van der Waals surface area contributed by atoms with Gasteiger partial charge in [-0.1, -0.05) is 25.4 Å². The van der Waals surface area contributed by atoms with Crippen molar-refractivity contribution in [2.75, 3.05) is 31.2 Å². The van der Waals surface area contributed by atoms with Crippen molar-refractivity contribution >= 4 is 44.1 Å². The lowest BCUT2D eigenvalue weighted by Crippen LogP contribution is -2.61. The van der Waals surface area contributed by atoms with Gasteiger partial charge >= 0.3 is 6.10 Å². The Morgan fingerprint density at radius 3 is 2.35 bits per heavy atom. The lowest BCUT2D eigenvalue weighted by atomic mass is 9.72. The molecule has 4 N–H and O–H groups in total. The Labute approximate surface area is 204 Å². The quantitative estimate of drug-likeness (QED) is 0.214. The zero-order chi connectivity index (χ0) is 25.3. The van der Waals surface area contributed by atoms with E-state index in [0.717, 1.165) is 5.69 Å². The minimum atomic E-state index is -3.48. The van der Waals surface area contributed by atoms with Crippen LogP contribution >= 0.6 is 11.6 Å². The molecule has 0 aliphatic carbocycles. The summed E-state index contributed by atoms with van der Waals surface area (Å²) in [5.74, 6) is 0.386. The van der Waals surface area contributed by atoms with E-state index in [-0.39, 0.29) is 4.90 Å². The van der Waals surface area contributed by atoms with Gasteiger partial charge in [0.1, 0.15) is 32.1 Å². The molecular weight excluding hydrogens is 463 g/mol. The summed E-state index contributed by atoms with van der Waals surface area (Å²) in [6, 6.07) is 4.97. The topological polar surface area (TPSA) is 140 Å². The van der Waals surface area contributed by atoms with E-state index in [1.165, 1.54) is 4.68 Å². The third-order valence-electron chi connectivity index (χ3n) is 5.12. The third-order valence-corrected chi connectivity index (χ3v) is 5.32. The summed E-state index contributed by atoms with van der Waals surface area (Å²) < 4.78 is 12.9. The van der Waals surface area contributed by atoms with Crippen molar-refractivity contribution < 1.29 is 29.6 Å². The second-order valence-electron chi connectivity index (χ2n) is 7.50. The highest BCUT2D eigenvalue weighted by atomic mass is 35.5. The van der Waals surface area contributed by atoms with Crippen LogP contribution in [0.1, 0.15) is 19.5 Å². The molecule has 1 fully saturated rings. The van der Waals surface area contributed by atoms with Crippen LogP contribution in [0.25, 0.3) is 22.6 Å². The van der Waals surface area contributed by atoms with Gasteiger partial charge in [-0.25, -0.2) is 9.88 Å². The maximum absolute atomic E-state index is 9.78. The smallest absolute Gasteiger partial charge is 0.347 e. The van der Waals surface area contributed by atoms with Gasteiger partial charge in [-0.15, -0.1) is 0 Å². The Morgan fingerprint density at radius 2 is 1.76 bits per heavy atom. The predicted octanol–water partition coefficient (Wildman–Crippen LogP) is 0.0753. The Balaban J connectivity index is 0.00000158. The highest BCUT2D eigenvalue weighted by Gasteiger charge is 2.39. The average molecular weight is 490 g/mol. The number of halogens is 1. The fourth-order valence-corrected chi connectivity index (χ4v) is 3.74. The molecule has 3 aromatic heterocycles. The van der Waals surface area contributed by atoms with E-state index in [2.05, 4.69) is 15.0 Å². The molecule has 11 nitrogen and oxygen atoms in total. The van der Waals surface area contributed by atoms with Crippen LogP contribution in [0.2, 0.25) is 5.15 Å². The zero-order valence-corrected chi connectivity index (χ0v) is 19.9. The third kappa shape index (κ3) is 5.74. The standard InChI is InChI=1S/C18H20B2ClN5O6.C2H6/c1-24-10(9-26(17(19,20)27)18(28,29)30)6-11(23-24)14-7-12-16(32-14)13(8-15(21)22-12)25-2-4-31-5-3-25;1-2/h6-8,27-30H,2-5,9H2,1H3;1-2H3. The van der Waals surface area contributed by atoms with Gasteiger partial charge in [0.15, 0.2) is 11.3 Å². The van der Waals surface area contributed by atoms with Gasteiger partial charge in [0.05, 0.1) is 24.6 Å². The normalized spacial score (nSPS) is 15.0. The van der Waals surface area contributed by atoms with Crippen molar-refractivity contribution in [1.29, 1.82) is 0 Å². The van der Waals surface area contributed by atoms with Crippen molar-refractivity contribution in [2.24, 2.45) is 7.05 Å². The van der Waals surface area contributed by atoms with Gasteiger partial charge in [0.2, 0.25) is 0 Å². The summed E-state index contributed by atoms with van der Waals surface area (Å²) >= 11 is 6.22. The number of anilines is 1. The number of aliphatic hydroxyl groups is 4. The number of hydrogen-bond acceptors (Lipinski definition) is 10. The van der Waals surface area contributed by atoms with E-state index in [1.54, 1.807) is 25.2 Å². The van der Waals surface area contributed by atoms with Crippen LogP contribution < -0.4 is 4.90 Å². The summed E-state index contributed by atoms with van der Waals surface area (Å²) in [4.78, 5) is 6.68. The van der Waals surface area contributed by atoms with E-state index < -0.39 is 18.2 Å². The van der Waals surface area contributed by atoms with Gasteiger partial charge < -0.3 is 34.5 Å². The largest absolute Gasteiger partial charge is 0.450 e. The number of fused-ring (bicyclic) bond motifs is 1. The van der Waals surface area contributed by atoms with Crippen LogP contribution in [-0.4, -0.2) is 93.7 Å². The fraction of sp³-hybridized carbons (Fsp3) is 0.500. The minimum Gasteiger partial charge on any atom is -0.450 e. The molecule has 34 heavy (non-hydrogen) atoms. The van der Waals surface area contributed by atoms with Crippen molar-refractivity contribution in [2.45, 2.75) is 32.0 Å². The Hall–Kier alpha value is -2.12. The Bertz CT molecular complexity index is 1110. The molecule has 0 aromatic carbocycles. The molecule has 0 spiro atoms. The maximum Gasteiger partial charge on any atom is 0.347 e. The number of aromatic nitrogens is 3. The van der Waals surface area contributed by atoms with E-state index in [0.29, 0.717) is 59.7 Å². The highest BCUT2D eigenvalue weighted by molar-refractivity contribution is 6.38. The molecule has 0 unspecified atom stereocenters. The van der Waals surface area contributed by atoms with Crippen molar-refractivity contribution in [3.8, 4) is 11.5 Å². The molecule has 1 saturated heterocycles. The number of ether oxygens (including phenoxy) is 1. The van der Waals surface area contributed by atoms with Crippen LogP contribution in [0.5, 0.6) is 0 Å². The second kappa shape index (κ2) is 10.2. The number of furan rings is 1. The lowest BCUT2D eigenvalue weighted by Gasteiger charge is -2.40. The van der Waals surface area contributed by atoms with Crippen LogP contribution in [-0.2, 0) is 18.3 Å². The predicted molar refractivity (Wildman–Crippen MR) is 127 cm³/mol. The van der Waals surface area contributed by atoms with Gasteiger partial charge in [-0.2, -0.15) is 5.10 Å². The Kier molecular flexibility index (Phi) is 7.98. The first-order chi connectivity index (χ1) is 15.9. The first-order valence-corrected chi connectivity index (χ1v) is 11.0. The summed E-state index contributed by atoms with van der Waals surface area (Å²) in [5, 5.41) is 43.0. The van der Waals surface area contributed by atoms with Crippen LogP contribution in [0, 0.1) is 0 Å². The number of rotatable bonds is 6. The van der Waals surface area contributed by atoms with Crippen molar-refractivity contribution in [3.05, 3.63) is 29.0 Å². The van der Waals surface area contributed by atoms with Crippen LogP contribution in [0.3, 0.4) is 0 Å². The highest BCUT2D eigenvalue weighted by Crippen LogP contribution is 2.35. The van der Waals surface area contributed by atoms with Crippen molar-refractivity contribution in [3.63, 3.8) is 0 Å². The van der Waals surface area contributed by atoms with Crippen LogP contribution in [0.4, 0.5) is 5.69 Å². The van der Waals surface area contributed by atoms with Gasteiger partial charge in [0.25, 0.3) is 0 Å². The molecule has 0 bridgehead atoms. The molecule has 1 aliphatic rings. The molecule has 3 aromatic rings. The molecule has 0 amide bonds. The Morgan fingerprint density at radius 1 is 1.12 bits per heavy atom. The number of pyridine rings is 1. The van der Waals surface area contributed by atoms with Crippen LogP contribution in [0.15, 0.2) is 22.6 Å². The first-order valence-electron chi connectivity index (χ1n) is 10.6. The summed E-state index contributed by atoms with van der Waals surface area (Å²) in [7, 11) is 12.2. The van der Waals surface area contributed by atoms with E-state index in [9.17, 15) is 20.4 Å². The van der Waals surface area contributed by atoms with Crippen molar-refractivity contribution in [1.82, 2.24) is 19.7 Å². The molecular formula is C20H26B2ClN5O6. The monoisotopic (exact) mass is 489 g/mol. The number of nitrogens with zero attached hydrogens (tertiary/aromatic N) is 5. The molecule has 4 rings (SSSR count). The zero-order valence-electron chi connectivity index (χ0n) is 19.1. The molecule has 4 heterocycles. The fourth-order valence-electron chi connectivity index (χ4n) is 3.55. The molecule has 0 atom stereocenters. The average Bonchev–Trinajstić information content (AvgIpc) is 3.35. The molecule has 4 radical (unpaired) electrons. The number of aryl methyl sites for hydroxylation is 1. The van der Waals surface area contributed by atoms with Gasteiger partial charge in [-0.05, 0) is 6.07 Å². The van der Waals surface area contributed by atoms with E-state index in [4.69, 9.17) is 36.4 Å². The summed E-state index contributed by atoms with van der Waals surface area (Å²) in [6.07, 6.45) is -3.48. The lowest BCUT2D eigenvalue weighted by molar-refractivity contribution is -0.414. The molecule has 1 aliphatic heterocycles. The summed E-state index contributed by atoms with van der Waals surface area (Å²) in [6.45, 7) is 6.08. The number of morpholine rings is 1. The van der Waals surface area contributed by atoms with Gasteiger partial charge in [-0.3, -0.25) is 4.68 Å². The number of hydrogen-bond donors (Lipinski definition) is 4. The van der Waals surface area contributed by atoms with Gasteiger partial charge in [0, 0.05) is 44.3 Å². The van der Waals surface area contributed by atoms with E-state index >= 15 is 0 Å². The maximum atomic E-state index is 9.78. The first kappa shape index (κ1) is 26.5. The second-order valence-corrected chi connectivity index (χ2v) is 7.89. The van der Waals surface area contributed by atoms with E-state index in [1.807, 2.05) is 13.8 Å². The molecule has 14 heteroatoms. The molecule has 180 valence electrons. The minimum absolute atomic E-state index is 0.261. The summed E-state index contributed by atoms with van der Waals surface area (Å²) in [5.41, 5.74) is -0.133. The SMILES string of the molecule is CC.[B]C([B])(O)N(Cc1cc(-c2cc3nc(Cl)cc(N4CCOCC4)c3o2)nn1C)C(O)(O)O. The molecule has 0 saturated carbocycles.